The Balaban J connectivity index is 2.35. The Hall–Kier alpha value is -1.33. The van der Waals surface area contributed by atoms with Gasteiger partial charge in [-0.3, -0.25) is 4.90 Å². The zero-order valence-corrected chi connectivity index (χ0v) is 9.79. The molecule has 1 aromatic rings. The molecule has 2 heterocycles. The number of halogens is 2. The first-order chi connectivity index (χ1) is 7.58. The van der Waals surface area contributed by atoms with Gasteiger partial charge in [0.05, 0.1) is 5.56 Å². The summed E-state index contributed by atoms with van der Waals surface area (Å²) in [6, 6.07) is 3.16. The van der Waals surface area contributed by atoms with Crippen molar-refractivity contribution in [3.8, 4) is 0 Å². The third kappa shape index (κ3) is 2.10. The number of amides is 1. The third-order valence-corrected chi connectivity index (χ3v) is 2.47. The van der Waals surface area contributed by atoms with Gasteiger partial charge in [0.25, 0.3) is 0 Å². The number of pyridine rings is 1. The monoisotopic (exact) mass is 259 g/mol. The third-order valence-electron chi connectivity index (χ3n) is 1.97. The van der Waals surface area contributed by atoms with Gasteiger partial charge in [-0.15, -0.1) is 0 Å². The summed E-state index contributed by atoms with van der Waals surface area (Å²) in [6.07, 6.45) is -0.476. The first-order valence-electron chi connectivity index (χ1n) is 4.38. The maximum absolute atomic E-state index is 11.3. The topological polar surface area (TPSA) is 54.8 Å². The van der Waals surface area contributed by atoms with Gasteiger partial charge < -0.3 is 4.74 Å². The van der Waals surface area contributed by atoms with Crippen molar-refractivity contribution in [3.63, 3.8) is 0 Å². The molecular formula is C9H7Cl2N3O2. The number of rotatable bonds is 1. The van der Waals surface area contributed by atoms with Crippen molar-refractivity contribution < 1.29 is 9.53 Å². The fourth-order valence-corrected chi connectivity index (χ4v) is 1.56. The molecule has 0 bridgehead atoms. The fraction of sp³-hybridized carbons (Fsp3) is 0.222. The molecule has 0 spiro atoms. The van der Waals surface area contributed by atoms with Gasteiger partial charge in [-0.25, -0.2) is 14.8 Å². The second-order valence-electron chi connectivity index (χ2n) is 3.14. The van der Waals surface area contributed by atoms with Crippen LogP contribution in [0.3, 0.4) is 0 Å². The van der Waals surface area contributed by atoms with E-state index >= 15 is 0 Å². The molecule has 1 aromatic heterocycles. The normalized spacial score (nSPS) is 15.8. The molecule has 16 heavy (non-hydrogen) atoms. The Labute approximate surface area is 102 Å². The zero-order valence-electron chi connectivity index (χ0n) is 8.28. The Morgan fingerprint density at radius 3 is 2.81 bits per heavy atom. The van der Waals surface area contributed by atoms with Crippen molar-refractivity contribution in [3.05, 3.63) is 28.0 Å². The first kappa shape index (κ1) is 11.2. The van der Waals surface area contributed by atoms with Crippen LogP contribution in [0.1, 0.15) is 5.56 Å². The van der Waals surface area contributed by atoms with E-state index in [4.69, 9.17) is 27.9 Å². The number of hydrogen-bond acceptors (Lipinski definition) is 4. The van der Waals surface area contributed by atoms with Crippen LogP contribution in [0.5, 0.6) is 0 Å². The molecule has 1 aliphatic heterocycles. The second kappa shape index (κ2) is 4.27. The van der Waals surface area contributed by atoms with Gasteiger partial charge in [0.2, 0.25) is 5.90 Å². The van der Waals surface area contributed by atoms with Crippen molar-refractivity contribution in [2.75, 3.05) is 13.7 Å². The fourth-order valence-electron chi connectivity index (χ4n) is 1.13. The van der Waals surface area contributed by atoms with Gasteiger partial charge >= 0.3 is 6.09 Å². The predicted molar refractivity (Wildman–Crippen MR) is 59.9 cm³/mol. The average molecular weight is 260 g/mol. The first-order valence-corrected chi connectivity index (χ1v) is 5.13. The van der Waals surface area contributed by atoms with Gasteiger partial charge in [-0.1, -0.05) is 23.2 Å². The van der Waals surface area contributed by atoms with Crippen LogP contribution in [-0.2, 0) is 4.74 Å². The lowest BCUT2D eigenvalue weighted by atomic mass is 10.3. The maximum atomic E-state index is 11.3. The van der Waals surface area contributed by atoms with Crippen molar-refractivity contribution in [2.45, 2.75) is 0 Å². The lowest BCUT2D eigenvalue weighted by molar-refractivity contribution is 0.153. The number of carbonyl (C=O) groups excluding carboxylic acids is 1. The standard InChI is InChI=1S/C9H7Cl2N3O2/c1-14-4-12-8(16-9(14)15)5-2-3-6(10)13-7(5)11/h2-3H,4H2,1H3. The molecule has 1 aliphatic rings. The summed E-state index contributed by atoms with van der Waals surface area (Å²) in [7, 11) is 1.59. The average Bonchev–Trinajstić information content (AvgIpc) is 2.22. The van der Waals surface area contributed by atoms with Crippen molar-refractivity contribution in [1.29, 1.82) is 0 Å². The van der Waals surface area contributed by atoms with E-state index in [1.165, 1.54) is 4.90 Å². The summed E-state index contributed by atoms with van der Waals surface area (Å²) in [5.41, 5.74) is 0.451. The highest BCUT2D eigenvalue weighted by atomic mass is 35.5. The molecule has 84 valence electrons. The molecule has 2 rings (SSSR count). The van der Waals surface area contributed by atoms with E-state index in [-0.39, 0.29) is 22.9 Å². The molecule has 0 N–H and O–H groups in total. The van der Waals surface area contributed by atoms with Gasteiger partial charge in [-0.2, -0.15) is 0 Å². The van der Waals surface area contributed by atoms with Crippen molar-refractivity contribution >= 4 is 35.2 Å². The number of nitrogens with zero attached hydrogens (tertiary/aromatic N) is 3. The summed E-state index contributed by atoms with van der Waals surface area (Å²) in [5.74, 6) is 0.164. The van der Waals surface area contributed by atoms with Crippen molar-refractivity contribution in [1.82, 2.24) is 9.88 Å². The molecule has 0 saturated heterocycles. The van der Waals surface area contributed by atoms with E-state index in [1.54, 1.807) is 19.2 Å². The van der Waals surface area contributed by atoms with Crippen LogP contribution in [0.4, 0.5) is 4.79 Å². The number of hydrogen-bond donors (Lipinski definition) is 0. The second-order valence-corrected chi connectivity index (χ2v) is 3.89. The maximum Gasteiger partial charge on any atom is 0.417 e. The molecular weight excluding hydrogens is 253 g/mol. The van der Waals surface area contributed by atoms with E-state index in [1.807, 2.05) is 0 Å². The number of aromatic nitrogens is 1. The number of ether oxygens (including phenoxy) is 1. The number of carbonyl (C=O) groups is 1. The predicted octanol–water partition coefficient (Wildman–Crippen LogP) is 2.17. The van der Waals surface area contributed by atoms with Gasteiger partial charge in [0, 0.05) is 7.05 Å². The molecule has 0 radical (unpaired) electrons. The lowest BCUT2D eigenvalue weighted by Crippen LogP contribution is -2.35. The molecule has 0 aromatic carbocycles. The lowest BCUT2D eigenvalue weighted by Gasteiger charge is -2.20. The van der Waals surface area contributed by atoms with Gasteiger partial charge in [-0.05, 0) is 12.1 Å². The van der Waals surface area contributed by atoms with Crippen LogP contribution in [0.2, 0.25) is 10.3 Å². The Kier molecular flexibility index (Phi) is 2.98. The van der Waals surface area contributed by atoms with Crippen LogP contribution < -0.4 is 0 Å². The highest BCUT2D eigenvalue weighted by molar-refractivity contribution is 6.34. The summed E-state index contributed by atoms with van der Waals surface area (Å²) in [5, 5.41) is 0.428. The van der Waals surface area contributed by atoms with E-state index in [0.29, 0.717) is 5.56 Å². The molecule has 7 heteroatoms. The highest BCUT2D eigenvalue weighted by Crippen LogP contribution is 2.19. The Morgan fingerprint density at radius 1 is 1.44 bits per heavy atom. The van der Waals surface area contributed by atoms with E-state index in [2.05, 4.69) is 9.98 Å². The van der Waals surface area contributed by atoms with E-state index in [9.17, 15) is 4.79 Å². The Bertz CT molecular complexity index is 476. The Morgan fingerprint density at radius 2 is 2.19 bits per heavy atom. The molecule has 0 aliphatic carbocycles. The smallest absolute Gasteiger partial charge is 0.391 e. The van der Waals surface area contributed by atoms with Crippen LogP contribution in [0.15, 0.2) is 17.1 Å². The summed E-state index contributed by atoms with van der Waals surface area (Å²) in [6.45, 7) is 0.229. The van der Waals surface area contributed by atoms with Gasteiger partial charge in [0.1, 0.15) is 17.0 Å². The number of cyclic esters (lactones) is 1. The zero-order chi connectivity index (χ0) is 11.7. The highest BCUT2D eigenvalue weighted by Gasteiger charge is 2.22. The molecule has 5 nitrogen and oxygen atoms in total. The van der Waals surface area contributed by atoms with E-state index in [0.717, 1.165) is 0 Å². The minimum Gasteiger partial charge on any atom is -0.391 e. The van der Waals surface area contributed by atoms with Crippen LogP contribution in [0.25, 0.3) is 0 Å². The minimum absolute atomic E-state index is 0.156. The number of aliphatic imine (C=N–C) groups is 1. The van der Waals surface area contributed by atoms with Crippen molar-refractivity contribution in [2.24, 2.45) is 4.99 Å². The molecule has 0 fully saturated rings. The van der Waals surface area contributed by atoms with Gasteiger partial charge in [0.15, 0.2) is 0 Å². The summed E-state index contributed by atoms with van der Waals surface area (Å²) >= 11 is 11.5. The van der Waals surface area contributed by atoms with Crippen LogP contribution >= 0.6 is 23.2 Å². The molecule has 0 saturated carbocycles. The van der Waals surface area contributed by atoms with Crippen LogP contribution in [0, 0.1) is 0 Å². The van der Waals surface area contributed by atoms with E-state index < -0.39 is 6.09 Å². The molecule has 0 atom stereocenters. The minimum atomic E-state index is -0.476. The summed E-state index contributed by atoms with van der Waals surface area (Å²) < 4.78 is 4.97. The molecule has 1 amide bonds. The molecule has 0 unspecified atom stereocenters. The summed E-state index contributed by atoms with van der Waals surface area (Å²) in [4.78, 5) is 20.5. The SMILES string of the molecule is CN1CN=C(c2ccc(Cl)nc2Cl)OC1=O. The quantitative estimate of drug-likeness (QED) is 0.727. The largest absolute Gasteiger partial charge is 0.417 e. The van der Waals surface area contributed by atoms with Crippen LogP contribution in [-0.4, -0.2) is 35.6 Å².